The summed E-state index contributed by atoms with van der Waals surface area (Å²) in [5.41, 5.74) is 0.968. The summed E-state index contributed by atoms with van der Waals surface area (Å²) in [6, 6.07) is 7.83. The lowest BCUT2D eigenvalue weighted by Gasteiger charge is -2.10. The average Bonchev–Trinajstić information content (AvgIpc) is 2.19. The van der Waals surface area contributed by atoms with E-state index >= 15 is 0 Å². The standard InChI is InChI=1S/C11H16O2S/c1-9(13)10-5-2-3-6-11(10)14-8-4-7-12/h2-3,5-6,9,12-13H,4,7-8H2,1H3/t9-/m0/s1. The molecule has 0 aliphatic rings. The predicted molar refractivity (Wildman–Crippen MR) is 59.5 cm³/mol. The Bertz CT molecular complexity index is 274. The van der Waals surface area contributed by atoms with Gasteiger partial charge in [0.05, 0.1) is 6.10 Å². The van der Waals surface area contributed by atoms with Crippen molar-refractivity contribution in [2.45, 2.75) is 24.3 Å². The van der Waals surface area contributed by atoms with Crippen LogP contribution in [0.4, 0.5) is 0 Å². The highest BCUT2D eigenvalue weighted by molar-refractivity contribution is 7.99. The molecule has 1 aromatic carbocycles. The summed E-state index contributed by atoms with van der Waals surface area (Å²) < 4.78 is 0. The highest BCUT2D eigenvalue weighted by atomic mass is 32.2. The smallest absolute Gasteiger partial charge is 0.0772 e. The first-order chi connectivity index (χ1) is 6.75. The third-order valence-electron chi connectivity index (χ3n) is 1.93. The van der Waals surface area contributed by atoms with E-state index in [4.69, 9.17) is 5.11 Å². The molecule has 0 aromatic heterocycles. The molecule has 0 amide bonds. The van der Waals surface area contributed by atoms with Crippen molar-refractivity contribution in [3.63, 3.8) is 0 Å². The molecule has 0 heterocycles. The van der Waals surface area contributed by atoms with Gasteiger partial charge in [0.15, 0.2) is 0 Å². The van der Waals surface area contributed by atoms with Gasteiger partial charge in [-0.2, -0.15) is 0 Å². The third-order valence-corrected chi connectivity index (χ3v) is 3.10. The summed E-state index contributed by atoms with van der Waals surface area (Å²) in [6.45, 7) is 2.00. The summed E-state index contributed by atoms with van der Waals surface area (Å²) in [6.07, 6.45) is 0.367. The zero-order chi connectivity index (χ0) is 10.4. The number of benzene rings is 1. The fraction of sp³-hybridized carbons (Fsp3) is 0.455. The summed E-state index contributed by atoms with van der Waals surface area (Å²) in [7, 11) is 0. The van der Waals surface area contributed by atoms with Crippen LogP contribution in [0.5, 0.6) is 0 Å². The van der Waals surface area contributed by atoms with Crippen LogP contribution < -0.4 is 0 Å². The molecule has 3 heteroatoms. The summed E-state index contributed by atoms with van der Waals surface area (Å²) in [5, 5.41) is 18.2. The van der Waals surface area contributed by atoms with Crippen LogP contribution in [0.3, 0.4) is 0 Å². The maximum Gasteiger partial charge on any atom is 0.0772 e. The van der Waals surface area contributed by atoms with Crippen LogP contribution in [-0.4, -0.2) is 22.6 Å². The van der Waals surface area contributed by atoms with E-state index in [-0.39, 0.29) is 6.61 Å². The van der Waals surface area contributed by atoms with E-state index in [1.807, 2.05) is 24.3 Å². The molecule has 1 aromatic rings. The summed E-state index contributed by atoms with van der Waals surface area (Å²) in [5.74, 6) is 0.889. The predicted octanol–water partition coefficient (Wildman–Crippen LogP) is 2.21. The number of aliphatic hydroxyl groups is 2. The first-order valence-electron chi connectivity index (χ1n) is 4.76. The molecule has 0 spiro atoms. The molecule has 0 radical (unpaired) electrons. The lowest BCUT2D eigenvalue weighted by molar-refractivity contribution is 0.196. The van der Waals surface area contributed by atoms with Gasteiger partial charge in [-0.3, -0.25) is 0 Å². The zero-order valence-corrected chi connectivity index (χ0v) is 9.13. The minimum Gasteiger partial charge on any atom is -0.396 e. The summed E-state index contributed by atoms with van der Waals surface area (Å²) >= 11 is 1.68. The number of hydrogen-bond donors (Lipinski definition) is 2. The third kappa shape index (κ3) is 3.33. The van der Waals surface area contributed by atoms with E-state index in [0.29, 0.717) is 0 Å². The molecular weight excluding hydrogens is 196 g/mol. The van der Waals surface area contributed by atoms with Gasteiger partial charge >= 0.3 is 0 Å². The van der Waals surface area contributed by atoms with Crippen LogP contribution in [0, 0.1) is 0 Å². The molecule has 2 N–H and O–H groups in total. The largest absolute Gasteiger partial charge is 0.396 e. The first kappa shape index (κ1) is 11.6. The molecule has 0 saturated carbocycles. The highest BCUT2D eigenvalue weighted by Crippen LogP contribution is 2.27. The van der Waals surface area contributed by atoms with Crippen molar-refractivity contribution in [2.24, 2.45) is 0 Å². The highest BCUT2D eigenvalue weighted by Gasteiger charge is 2.06. The van der Waals surface area contributed by atoms with E-state index in [2.05, 4.69) is 0 Å². The lowest BCUT2D eigenvalue weighted by atomic mass is 10.1. The molecule has 0 bridgehead atoms. The van der Waals surface area contributed by atoms with E-state index in [1.54, 1.807) is 18.7 Å². The van der Waals surface area contributed by atoms with Crippen molar-refractivity contribution in [3.8, 4) is 0 Å². The molecule has 1 atom stereocenters. The second-order valence-electron chi connectivity index (χ2n) is 3.14. The van der Waals surface area contributed by atoms with Crippen molar-refractivity contribution in [1.82, 2.24) is 0 Å². The number of thioether (sulfide) groups is 1. The fourth-order valence-electron chi connectivity index (χ4n) is 1.20. The monoisotopic (exact) mass is 212 g/mol. The van der Waals surface area contributed by atoms with Crippen molar-refractivity contribution in [2.75, 3.05) is 12.4 Å². The van der Waals surface area contributed by atoms with Gasteiger partial charge in [-0.1, -0.05) is 18.2 Å². The number of hydrogen-bond acceptors (Lipinski definition) is 3. The molecule has 0 unspecified atom stereocenters. The Morgan fingerprint density at radius 1 is 1.36 bits per heavy atom. The number of rotatable bonds is 5. The van der Waals surface area contributed by atoms with Gasteiger partial charge in [0.2, 0.25) is 0 Å². The molecule has 2 nitrogen and oxygen atoms in total. The van der Waals surface area contributed by atoms with Crippen molar-refractivity contribution in [1.29, 1.82) is 0 Å². The van der Waals surface area contributed by atoms with Gasteiger partial charge in [0.1, 0.15) is 0 Å². The topological polar surface area (TPSA) is 40.5 Å². The molecular formula is C11H16O2S. The van der Waals surface area contributed by atoms with E-state index in [9.17, 15) is 5.11 Å². The lowest BCUT2D eigenvalue weighted by Crippen LogP contribution is -1.94. The van der Waals surface area contributed by atoms with Crippen LogP contribution in [0.2, 0.25) is 0 Å². The van der Waals surface area contributed by atoms with Crippen molar-refractivity contribution in [3.05, 3.63) is 29.8 Å². The Morgan fingerprint density at radius 3 is 2.71 bits per heavy atom. The van der Waals surface area contributed by atoms with Crippen molar-refractivity contribution >= 4 is 11.8 Å². The molecule has 1 rings (SSSR count). The fourth-order valence-corrected chi connectivity index (χ4v) is 2.28. The Morgan fingerprint density at radius 2 is 2.07 bits per heavy atom. The molecule has 0 aliphatic carbocycles. The van der Waals surface area contributed by atoms with Gasteiger partial charge in [0, 0.05) is 17.3 Å². The van der Waals surface area contributed by atoms with E-state index in [0.717, 1.165) is 22.6 Å². The minimum absolute atomic E-state index is 0.226. The van der Waals surface area contributed by atoms with Gasteiger partial charge < -0.3 is 10.2 Å². The van der Waals surface area contributed by atoms with Gasteiger partial charge in [-0.05, 0) is 25.0 Å². The van der Waals surface area contributed by atoms with Gasteiger partial charge in [0.25, 0.3) is 0 Å². The first-order valence-corrected chi connectivity index (χ1v) is 5.75. The number of aliphatic hydroxyl groups excluding tert-OH is 2. The second-order valence-corrected chi connectivity index (χ2v) is 4.28. The Labute approximate surface area is 89.0 Å². The molecule has 78 valence electrons. The SMILES string of the molecule is C[C@H](O)c1ccccc1SCCCO. The van der Waals surface area contributed by atoms with Gasteiger partial charge in [-0.15, -0.1) is 11.8 Å². The quantitative estimate of drug-likeness (QED) is 0.581. The molecule has 0 saturated heterocycles. The van der Waals surface area contributed by atoms with E-state index < -0.39 is 6.10 Å². The maximum atomic E-state index is 9.50. The van der Waals surface area contributed by atoms with Crippen LogP contribution in [-0.2, 0) is 0 Å². The minimum atomic E-state index is -0.423. The second kappa shape index (κ2) is 6.06. The summed E-state index contributed by atoms with van der Waals surface area (Å²) in [4.78, 5) is 1.11. The Balaban J connectivity index is 2.64. The van der Waals surface area contributed by atoms with Crippen molar-refractivity contribution < 1.29 is 10.2 Å². The maximum absolute atomic E-state index is 9.50. The normalized spacial score (nSPS) is 12.8. The van der Waals surface area contributed by atoms with Gasteiger partial charge in [-0.25, -0.2) is 0 Å². The van der Waals surface area contributed by atoms with Crippen LogP contribution in [0.25, 0.3) is 0 Å². The van der Waals surface area contributed by atoms with E-state index in [1.165, 1.54) is 0 Å². The van der Waals surface area contributed by atoms with Crippen LogP contribution in [0.15, 0.2) is 29.2 Å². The molecule has 14 heavy (non-hydrogen) atoms. The van der Waals surface area contributed by atoms with Crippen LogP contribution >= 0.6 is 11.8 Å². The molecule has 0 aliphatic heterocycles. The Kier molecular flexibility index (Phi) is 5.01. The average molecular weight is 212 g/mol. The zero-order valence-electron chi connectivity index (χ0n) is 8.31. The Hall–Kier alpha value is -0.510. The van der Waals surface area contributed by atoms with Crippen LogP contribution in [0.1, 0.15) is 25.0 Å². The molecule has 0 fully saturated rings.